The van der Waals surface area contributed by atoms with Gasteiger partial charge >= 0.3 is 0 Å². The lowest BCUT2D eigenvalue weighted by Gasteiger charge is -2.39. The molecule has 0 bridgehead atoms. The maximum atomic E-state index is 12.2. The number of likely N-dealkylation sites (tertiary alicyclic amines) is 1. The Morgan fingerprint density at radius 1 is 1.43 bits per heavy atom. The van der Waals surface area contributed by atoms with Gasteiger partial charge in [-0.15, -0.1) is 11.3 Å². The number of amides is 1. The van der Waals surface area contributed by atoms with E-state index < -0.39 is 0 Å². The molecular formula is C15H22N2O3S. The Morgan fingerprint density at radius 2 is 2.14 bits per heavy atom. The van der Waals surface area contributed by atoms with Crippen molar-refractivity contribution in [2.45, 2.75) is 38.1 Å². The van der Waals surface area contributed by atoms with Crippen molar-refractivity contribution in [2.75, 3.05) is 26.3 Å². The molecule has 0 aliphatic carbocycles. The molecule has 2 saturated heterocycles. The second kappa shape index (κ2) is 6.44. The van der Waals surface area contributed by atoms with Crippen molar-refractivity contribution >= 4 is 17.2 Å². The molecule has 3 heterocycles. The van der Waals surface area contributed by atoms with E-state index in [1.54, 1.807) is 11.3 Å². The van der Waals surface area contributed by atoms with Crippen LogP contribution >= 0.6 is 11.3 Å². The summed E-state index contributed by atoms with van der Waals surface area (Å²) in [5, 5.41) is 5.03. The standard InChI is InChI=1S/C15H22N2O3S/c1-12(14(18)16-11-13-3-2-10-21-13)17-6-4-15(5-7-17)19-8-9-20-15/h2-3,10,12H,4-9,11H2,1H3,(H,16,18). The van der Waals surface area contributed by atoms with Gasteiger partial charge in [0.05, 0.1) is 25.8 Å². The number of carbonyl (C=O) groups is 1. The molecule has 1 amide bonds. The lowest BCUT2D eigenvalue weighted by atomic mass is 10.0. The Hall–Kier alpha value is -0.950. The summed E-state index contributed by atoms with van der Waals surface area (Å²) in [6.07, 6.45) is 1.69. The fraction of sp³-hybridized carbons (Fsp3) is 0.667. The molecule has 2 aliphatic heterocycles. The summed E-state index contributed by atoms with van der Waals surface area (Å²) in [7, 11) is 0. The fourth-order valence-corrected chi connectivity index (χ4v) is 3.58. The SMILES string of the molecule is CC(C(=O)NCc1cccs1)N1CCC2(CC1)OCCO2. The van der Waals surface area contributed by atoms with Crippen LogP contribution in [0.15, 0.2) is 17.5 Å². The summed E-state index contributed by atoms with van der Waals surface area (Å²) < 4.78 is 11.4. The number of ether oxygens (including phenoxy) is 2. The van der Waals surface area contributed by atoms with Crippen molar-refractivity contribution in [3.63, 3.8) is 0 Å². The number of hydrogen-bond acceptors (Lipinski definition) is 5. The zero-order valence-corrected chi connectivity index (χ0v) is 13.2. The summed E-state index contributed by atoms with van der Waals surface area (Å²) in [4.78, 5) is 15.6. The first kappa shape index (κ1) is 15.0. The van der Waals surface area contributed by atoms with Crippen molar-refractivity contribution in [3.8, 4) is 0 Å². The van der Waals surface area contributed by atoms with E-state index in [4.69, 9.17) is 9.47 Å². The molecule has 1 spiro atoms. The van der Waals surface area contributed by atoms with E-state index in [-0.39, 0.29) is 17.7 Å². The molecule has 21 heavy (non-hydrogen) atoms. The highest BCUT2D eigenvalue weighted by molar-refractivity contribution is 7.09. The van der Waals surface area contributed by atoms with Crippen LogP contribution in [0.2, 0.25) is 0 Å². The average molecular weight is 310 g/mol. The molecule has 116 valence electrons. The number of rotatable bonds is 4. The predicted molar refractivity (Wildman–Crippen MR) is 81.1 cm³/mol. The summed E-state index contributed by atoms with van der Waals surface area (Å²) in [5.41, 5.74) is 0. The summed E-state index contributed by atoms with van der Waals surface area (Å²) in [5.74, 6) is -0.281. The topological polar surface area (TPSA) is 50.8 Å². The highest BCUT2D eigenvalue weighted by Crippen LogP contribution is 2.31. The van der Waals surface area contributed by atoms with Gasteiger partial charge in [0.2, 0.25) is 5.91 Å². The third-order valence-corrected chi connectivity index (χ3v) is 5.19. The van der Waals surface area contributed by atoms with Gasteiger partial charge in [-0.1, -0.05) is 6.07 Å². The Kier molecular flexibility index (Phi) is 4.59. The number of piperidine rings is 1. The minimum atomic E-state index is -0.371. The zero-order valence-electron chi connectivity index (χ0n) is 12.3. The maximum absolute atomic E-state index is 12.2. The Balaban J connectivity index is 1.46. The van der Waals surface area contributed by atoms with Crippen LogP contribution in [0.1, 0.15) is 24.6 Å². The predicted octanol–water partition coefficient (Wildman–Crippen LogP) is 1.59. The number of thiophene rings is 1. The number of nitrogens with zero attached hydrogens (tertiary/aromatic N) is 1. The fourth-order valence-electron chi connectivity index (χ4n) is 2.94. The molecule has 1 unspecified atom stereocenters. The van der Waals surface area contributed by atoms with E-state index >= 15 is 0 Å². The van der Waals surface area contributed by atoms with Gasteiger partial charge in [-0.3, -0.25) is 9.69 Å². The van der Waals surface area contributed by atoms with Crippen LogP contribution in [0.25, 0.3) is 0 Å². The molecular weight excluding hydrogens is 288 g/mol. The van der Waals surface area contributed by atoms with Crippen LogP contribution < -0.4 is 5.32 Å². The Labute approximate surface area is 129 Å². The Morgan fingerprint density at radius 3 is 2.76 bits per heavy atom. The van der Waals surface area contributed by atoms with Gasteiger partial charge in [0.25, 0.3) is 0 Å². The van der Waals surface area contributed by atoms with E-state index in [1.807, 2.05) is 24.4 Å². The molecule has 0 aromatic carbocycles. The molecule has 0 saturated carbocycles. The molecule has 1 aromatic heterocycles. The van der Waals surface area contributed by atoms with Crippen molar-refractivity contribution in [1.82, 2.24) is 10.2 Å². The van der Waals surface area contributed by atoms with E-state index in [9.17, 15) is 4.79 Å². The first-order valence-electron chi connectivity index (χ1n) is 7.51. The van der Waals surface area contributed by atoms with Crippen LogP contribution in [0.4, 0.5) is 0 Å². The monoisotopic (exact) mass is 310 g/mol. The second-order valence-electron chi connectivity index (χ2n) is 5.62. The van der Waals surface area contributed by atoms with Crippen molar-refractivity contribution in [1.29, 1.82) is 0 Å². The normalized spacial score (nSPS) is 23.3. The molecule has 5 nitrogen and oxygen atoms in total. The molecule has 0 radical (unpaired) electrons. The minimum absolute atomic E-state index is 0.0904. The lowest BCUT2D eigenvalue weighted by molar-refractivity contribution is -0.188. The molecule has 2 fully saturated rings. The van der Waals surface area contributed by atoms with Crippen molar-refractivity contribution in [2.24, 2.45) is 0 Å². The first-order valence-corrected chi connectivity index (χ1v) is 8.39. The van der Waals surface area contributed by atoms with Gasteiger partial charge in [0, 0.05) is 30.8 Å². The largest absolute Gasteiger partial charge is 0.350 e. The van der Waals surface area contributed by atoms with E-state index in [0.717, 1.165) is 25.9 Å². The van der Waals surface area contributed by atoms with Crippen LogP contribution in [0, 0.1) is 0 Å². The number of carbonyl (C=O) groups excluding carboxylic acids is 1. The van der Waals surface area contributed by atoms with E-state index in [2.05, 4.69) is 10.2 Å². The smallest absolute Gasteiger partial charge is 0.237 e. The number of nitrogens with one attached hydrogen (secondary N) is 1. The molecule has 1 atom stereocenters. The highest BCUT2D eigenvalue weighted by atomic mass is 32.1. The van der Waals surface area contributed by atoms with E-state index in [1.165, 1.54) is 4.88 Å². The Bertz CT molecular complexity index is 461. The highest BCUT2D eigenvalue weighted by Gasteiger charge is 2.41. The third kappa shape index (κ3) is 3.45. The summed E-state index contributed by atoms with van der Waals surface area (Å²) >= 11 is 1.66. The second-order valence-corrected chi connectivity index (χ2v) is 6.65. The van der Waals surface area contributed by atoms with Crippen LogP contribution in [0.5, 0.6) is 0 Å². The van der Waals surface area contributed by atoms with Gasteiger partial charge in [-0.2, -0.15) is 0 Å². The van der Waals surface area contributed by atoms with Crippen LogP contribution in [0.3, 0.4) is 0 Å². The molecule has 1 aromatic rings. The van der Waals surface area contributed by atoms with Crippen molar-refractivity contribution < 1.29 is 14.3 Å². The lowest BCUT2D eigenvalue weighted by Crippen LogP contribution is -2.52. The van der Waals surface area contributed by atoms with Gasteiger partial charge in [-0.25, -0.2) is 0 Å². The third-order valence-electron chi connectivity index (χ3n) is 4.32. The van der Waals surface area contributed by atoms with Crippen LogP contribution in [-0.2, 0) is 20.8 Å². The van der Waals surface area contributed by atoms with Gasteiger partial charge in [0.15, 0.2) is 5.79 Å². The molecule has 1 N–H and O–H groups in total. The van der Waals surface area contributed by atoms with E-state index in [0.29, 0.717) is 19.8 Å². The minimum Gasteiger partial charge on any atom is -0.350 e. The average Bonchev–Trinajstić information content (AvgIpc) is 3.17. The molecule has 3 rings (SSSR count). The maximum Gasteiger partial charge on any atom is 0.237 e. The van der Waals surface area contributed by atoms with Gasteiger partial charge in [-0.05, 0) is 18.4 Å². The van der Waals surface area contributed by atoms with Crippen LogP contribution in [-0.4, -0.2) is 48.9 Å². The number of hydrogen-bond donors (Lipinski definition) is 1. The summed E-state index contributed by atoms with van der Waals surface area (Å²) in [6.45, 7) is 5.65. The van der Waals surface area contributed by atoms with Gasteiger partial charge in [0.1, 0.15) is 0 Å². The van der Waals surface area contributed by atoms with Gasteiger partial charge < -0.3 is 14.8 Å². The molecule has 6 heteroatoms. The quantitative estimate of drug-likeness (QED) is 0.917. The first-order chi connectivity index (χ1) is 10.2. The zero-order chi connectivity index (χ0) is 14.7. The summed E-state index contributed by atoms with van der Waals surface area (Å²) in [6, 6.07) is 3.93. The van der Waals surface area contributed by atoms with Crippen molar-refractivity contribution in [3.05, 3.63) is 22.4 Å². The molecule has 2 aliphatic rings.